The minimum Gasteiger partial charge on any atom is -0.373 e. The summed E-state index contributed by atoms with van der Waals surface area (Å²) >= 11 is 0. The number of carbonyl (C=O) groups excluding carboxylic acids is 1. The molecule has 0 atom stereocenters. The van der Waals surface area contributed by atoms with Gasteiger partial charge in [0, 0.05) is 42.0 Å². The zero-order chi connectivity index (χ0) is 26.9. The Morgan fingerprint density at radius 3 is 2.46 bits per heavy atom. The molecule has 0 spiro atoms. The van der Waals surface area contributed by atoms with E-state index in [0.29, 0.717) is 22.3 Å². The minimum atomic E-state index is -4.58. The molecule has 4 rings (SSSR count). The fourth-order valence-electron chi connectivity index (χ4n) is 3.93. The second kappa shape index (κ2) is 9.92. The Bertz CT molecular complexity index is 1550. The molecule has 7 nitrogen and oxygen atoms in total. The molecule has 37 heavy (non-hydrogen) atoms. The van der Waals surface area contributed by atoms with Crippen molar-refractivity contribution in [2.75, 3.05) is 23.0 Å². The van der Waals surface area contributed by atoms with E-state index in [1.807, 2.05) is 13.8 Å². The minimum absolute atomic E-state index is 0.119. The lowest BCUT2D eigenvalue weighted by Gasteiger charge is -2.17. The fourth-order valence-corrected chi connectivity index (χ4v) is 3.93. The van der Waals surface area contributed by atoms with Crippen LogP contribution in [0.4, 0.5) is 39.5 Å². The monoisotopic (exact) mass is 513 g/mol. The van der Waals surface area contributed by atoms with E-state index in [1.54, 1.807) is 29.9 Å². The second-order valence-corrected chi connectivity index (χ2v) is 8.56. The summed E-state index contributed by atoms with van der Waals surface area (Å²) in [6.07, 6.45) is -2.96. The molecule has 0 aliphatic carbocycles. The summed E-state index contributed by atoms with van der Waals surface area (Å²) in [5, 5.41) is 8.19. The number of benzene rings is 2. The van der Waals surface area contributed by atoms with Crippen LogP contribution in [0.15, 0.2) is 65.6 Å². The maximum absolute atomic E-state index is 14.6. The number of anilines is 3. The van der Waals surface area contributed by atoms with Crippen molar-refractivity contribution in [2.45, 2.75) is 26.1 Å². The molecule has 2 heterocycles. The Labute approximate surface area is 209 Å². The van der Waals surface area contributed by atoms with E-state index in [0.717, 1.165) is 24.3 Å². The first kappa shape index (κ1) is 25.7. The molecule has 0 aliphatic heterocycles. The van der Waals surface area contributed by atoms with Gasteiger partial charge in [0.1, 0.15) is 11.6 Å². The molecule has 3 N–H and O–H groups in total. The Hall–Kier alpha value is -4.41. The highest BCUT2D eigenvalue weighted by molar-refractivity contribution is 6.00. The average Bonchev–Trinajstić information content (AvgIpc) is 2.84. The molecule has 0 saturated heterocycles. The Morgan fingerprint density at radius 2 is 1.78 bits per heavy atom. The summed E-state index contributed by atoms with van der Waals surface area (Å²) in [5.41, 5.74) is -0.345. The van der Waals surface area contributed by atoms with E-state index < -0.39 is 23.6 Å². The first-order valence-corrected chi connectivity index (χ1v) is 11.3. The predicted molar refractivity (Wildman–Crippen MR) is 135 cm³/mol. The number of nitrogens with one attached hydrogen (secondary N) is 3. The van der Waals surface area contributed by atoms with Crippen LogP contribution in [0.5, 0.6) is 0 Å². The molecule has 2 aromatic heterocycles. The molecular formula is C26H23F4N5O2. The number of rotatable bonds is 5. The first-order valence-electron chi connectivity index (χ1n) is 11.3. The van der Waals surface area contributed by atoms with Crippen molar-refractivity contribution in [3.8, 4) is 11.1 Å². The van der Waals surface area contributed by atoms with Crippen LogP contribution >= 0.6 is 0 Å². The highest BCUT2D eigenvalue weighted by Crippen LogP contribution is 2.31. The largest absolute Gasteiger partial charge is 0.416 e. The number of carbonyl (C=O) groups is 1. The van der Waals surface area contributed by atoms with E-state index in [1.165, 1.54) is 18.2 Å². The number of alkyl halides is 3. The second-order valence-electron chi connectivity index (χ2n) is 8.56. The number of amides is 2. The van der Waals surface area contributed by atoms with Crippen LogP contribution in [0.2, 0.25) is 0 Å². The maximum atomic E-state index is 14.6. The molecule has 4 aromatic rings. The number of halogens is 4. The lowest BCUT2D eigenvalue weighted by atomic mass is 10.0. The Kier molecular flexibility index (Phi) is 6.88. The van der Waals surface area contributed by atoms with E-state index in [-0.39, 0.29) is 28.5 Å². The summed E-state index contributed by atoms with van der Waals surface area (Å²) < 4.78 is 55.0. The molecule has 2 aromatic carbocycles. The molecule has 192 valence electrons. The zero-order valence-electron chi connectivity index (χ0n) is 20.1. The molecule has 2 amide bonds. The summed E-state index contributed by atoms with van der Waals surface area (Å²) in [6, 6.07) is 10.1. The maximum Gasteiger partial charge on any atom is 0.416 e. The normalized spacial score (nSPS) is 11.6. The number of fused-ring (bicyclic) bond motifs is 1. The van der Waals surface area contributed by atoms with Crippen LogP contribution in [-0.2, 0) is 6.18 Å². The van der Waals surface area contributed by atoms with Gasteiger partial charge < -0.3 is 20.5 Å². The van der Waals surface area contributed by atoms with Gasteiger partial charge in [-0.05, 0) is 55.8 Å². The van der Waals surface area contributed by atoms with Crippen LogP contribution in [0.1, 0.15) is 25.5 Å². The molecular weight excluding hydrogens is 490 g/mol. The number of hydrogen-bond acceptors (Lipinski definition) is 4. The quantitative estimate of drug-likeness (QED) is 0.266. The van der Waals surface area contributed by atoms with Crippen LogP contribution in [0.25, 0.3) is 22.0 Å². The van der Waals surface area contributed by atoms with Crippen molar-refractivity contribution in [3.63, 3.8) is 0 Å². The Morgan fingerprint density at radius 1 is 1.03 bits per heavy atom. The molecule has 11 heteroatoms. The van der Waals surface area contributed by atoms with Crippen molar-refractivity contribution in [1.82, 2.24) is 9.55 Å². The molecule has 0 fully saturated rings. The van der Waals surface area contributed by atoms with Crippen molar-refractivity contribution in [1.29, 1.82) is 0 Å². The first-order chi connectivity index (χ1) is 17.5. The molecule has 0 radical (unpaired) electrons. The fraction of sp³-hybridized carbons (Fsp3) is 0.192. The highest BCUT2D eigenvalue weighted by Gasteiger charge is 2.30. The summed E-state index contributed by atoms with van der Waals surface area (Å²) in [4.78, 5) is 30.2. The third-order valence-corrected chi connectivity index (χ3v) is 5.67. The number of urea groups is 1. The lowest BCUT2D eigenvalue weighted by molar-refractivity contribution is -0.137. The number of aromatic nitrogens is 2. The van der Waals surface area contributed by atoms with Crippen LogP contribution < -0.4 is 21.5 Å². The highest BCUT2D eigenvalue weighted by atomic mass is 19.4. The van der Waals surface area contributed by atoms with Crippen LogP contribution in [-0.4, -0.2) is 22.6 Å². The van der Waals surface area contributed by atoms with Crippen molar-refractivity contribution < 1.29 is 22.4 Å². The molecule has 0 bridgehead atoms. The third-order valence-electron chi connectivity index (χ3n) is 5.67. The van der Waals surface area contributed by atoms with E-state index >= 15 is 0 Å². The van der Waals surface area contributed by atoms with Crippen molar-refractivity contribution in [2.24, 2.45) is 0 Å². The smallest absolute Gasteiger partial charge is 0.373 e. The van der Waals surface area contributed by atoms with E-state index in [2.05, 4.69) is 20.9 Å². The van der Waals surface area contributed by atoms with Crippen molar-refractivity contribution in [3.05, 3.63) is 82.5 Å². The Balaban J connectivity index is 1.68. The lowest BCUT2D eigenvalue weighted by Crippen LogP contribution is -2.24. The van der Waals surface area contributed by atoms with Crippen LogP contribution in [0.3, 0.4) is 0 Å². The average molecular weight is 513 g/mol. The van der Waals surface area contributed by atoms with Gasteiger partial charge in [0.25, 0.3) is 5.56 Å². The number of hydrogen-bond donors (Lipinski definition) is 3. The molecule has 0 saturated carbocycles. The van der Waals surface area contributed by atoms with Gasteiger partial charge in [-0.15, -0.1) is 0 Å². The van der Waals surface area contributed by atoms with E-state index in [9.17, 15) is 27.2 Å². The summed E-state index contributed by atoms with van der Waals surface area (Å²) in [7, 11) is 1.72. The van der Waals surface area contributed by atoms with Gasteiger partial charge in [0.15, 0.2) is 0 Å². The summed E-state index contributed by atoms with van der Waals surface area (Å²) in [5.74, 6) is -0.192. The van der Waals surface area contributed by atoms with Gasteiger partial charge in [0.05, 0.1) is 16.8 Å². The molecule has 0 aliphatic rings. The number of nitrogens with zero attached hydrogens (tertiary/aromatic N) is 2. The summed E-state index contributed by atoms with van der Waals surface area (Å²) in [6.45, 7) is 3.72. The predicted octanol–water partition coefficient (Wildman–Crippen LogP) is 6.49. The van der Waals surface area contributed by atoms with Gasteiger partial charge in [0.2, 0.25) is 0 Å². The standard InChI is InChI=1S/C26H23F4N5O2/c1-14(2)35-22-12-23(31-3)32-13-16(22)9-19(24(35)36)15-7-8-20(27)21(10-15)34-25(37)33-18-6-4-5-17(11-18)26(28,29)30/h4-14H,1-3H3,(H,31,32)(H2,33,34,37). The topological polar surface area (TPSA) is 88.1 Å². The SMILES string of the molecule is CNc1cc2c(cn1)cc(-c1ccc(F)c(NC(=O)Nc3cccc(C(F)(F)F)c3)c1)c(=O)n2C(C)C. The molecule has 0 unspecified atom stereocenters. The third kappa shape index (κ3) is 5.40. The van der Waals surface area contributed by atoms with Gasteiger partial charge in [-0.25, -0.2) is 14.2 Å². The van der Waals surface area contributed by atoms with Crippen molar-refractivity contribution >= 4 is 34.1 Å². The van der Waals surface area contributed by atoms with Gasteiger partial charge in [-0.3, -0.25) is 4.79 Å². The van der Waals surface area contributed by atoms with Gasteiger partial charge in [-0.1, -0.05) is 12.1 Å². The van der Waals surface area contributed by atoms with E-state index in [4.69, 9.17) is 0 Å². The van der Waals surface area contributed by atoms with Gasteiger partial charge in [-0.2, -0.15) is 13.2 Å². The van der Waals surface area contributed by atoms with Gasteiger partial charge >= 0.3 is 12.2 Å². The number of pyridine rings is 2. The zero-order valence-corrected chi connectivity index (χ0v) is 20.1. The van der Waals surface area contributed by atoms with Crippen LogP contribution in [0, 0.1) is 5.82 Å².